The summed E-state index contributed by atoms with van der Waals surface area (Å²) in [6, 6.07) is 11.6. The normalized spacial score (nSPS) is 14.9. The number of pyridine rings is 1. The Morgan fingerprint density at radius 3 is 2.66 bits per heavy atom. The van der Waals surface area contributed by atoms with Gasteiger partial charge in [0.25, 0.3) is 11.5 Å². The molecule has 0 saturated carbocycles. The Balaban J connectivity index is 1.28. The van der Waals surface area contributed by atoms with Crippen LogP contribution in [0.25, 0.3) is 16.6 Å². The van der Waals surface area contributed by atoms with E-state index in [0.717, 1.165) is 60.7 Å². The number of benzene rings is 1. The molecule has 1 saturated heterocycles. The number of aromatic amines is 1. The molecule has 0 bridgehead atoms. The van der Waals surface area contributed by atoms with Gasteiger partial charge in [0, 0.05) is 39.8 Å². The van der Waals surface area contributed by atoms with Crippen molar-refractivity contribution in [1.29, 1.82) is 0 Å². The molecule has 0 unspecified atom stereocenters. The Morgan fingerprint density at radius 2 is 1.91 bits per heavy atom. The molecule has 1 aliphatic heterocycles. The highest BCUT2D eigenvalue weighted by atomic mass is 16.1. The molecule has 164 valence electrons. The monoisotopic (exact) mass is 431 g/mol. The molecule has 4 heterocycles. The number of hydrogen-bond donors (Lipinski definition) is 2. The number of nitrogens with zero attached hydrogens (tertiary/aromatic N) is 5. The van der Waals surface area contributed by atoms with E-state index in [2.05, 4.69) is 36.2 Å². The Labute approximate surface area is 184 Å². The molecule has 0 aliphatic carbocycles. The van der Waals surface area contributed by atoms with Crippen LogP contribution in [0.1, 0.15) is 21.7 Å². The van der Waals surface area contributed by atoms with Crippen LogP contribution < -0.4 is 15.8 Å². The van der Waals surface area contributed by atoms with Crippen molar-refractivity contribution in [2.24, 2.45) is 0 Å². The summed E-state index contributed by atoms with van der Waals surface area (Å²) >= 11 is 0. The average molecular weight is 432 g/mol. The molecule has 1 amide bonds. The molecule has 0 spiro atoms. The van der Waals surface area contributed by atoms with Crippen molar-refractivity contribution >= 4 is 28.1 Å². The van der Waals surface area contributed by atoms with E-state index in [0.29, 0.717) is 11.2 Å². The van der Waals surface area contributed by atoms with Gasteiger partial charge >= 0.3 is 0 Å². The van der Waals surface area contributed by atoms with Crippen molar-refractivity contribution in [3.05, 3.63) is 69.9 Å². The molecule has 1 aromatic carbocycles. The summed E-state index contributed by atoms with van der Waals surface area (Å²) in [6.45, 7) is 6.38. The highest BCUT2D eigenvalue weighted by Crippen LogP contribution is 2.22. The second-order valence-electron chi connectivity index (χ2n) is 8.08. The van der Waals surface area contributed by atoms with Crippen LogP contribution in [0.3, 0.4) is 0 Å². The van der Waals surface area contributed by atoms with Crippen LogP contribution in [-0.2, 0) is 6.54 Å². The van der Waals surface area contributed by atoms with Gasteiger partial charge < -0.3 is 15.2 Å². The number of fused-ring (bicyclic) bond motifs is 3. The SMILES string of the molecule is CNC(=O)c1ccc(N2CCN(Cc3ccc4c(c3)[nH]c(=O)c3ccnn34)CC2)c(C)n1. The molecule has 0 atom stereocenters. The Hall–Kier alpha value is -3.72. The largest absolute Gasteiger partial charge is 0.368 e. The molecular formula is C23H25N7O2. The lowest BCUT2D eigenvalue weighted by atomic mass is 10.1. The molecule has 2 N–H and O–H groups in total. The van der Waals surface area contributed by atoms with Gasteiger partial charge in [0.05, 0.1) is 28.6 Å². The maximum Gasteiger partial charge on any atom is 0.274 e. The van der Waals surface area contributed by atoms with Gasteiger partial charge in [-0.3, -0.25) is 14.5 Å². The van der Waals surface area contributed by atoms with Gasteiger partial charge in [0.15, 0.2) is 0 Å². The molecular weight excluding hydrogens is 406 g/mol. The minimum atomic E-state index is -0.172. The minimum Gasteiger partial charge on any atom is -0.368 e. The predicted octanol–water partition coefficient (Wildman–Crippen LogP) is 1.56. The van der Waals surface area contributed by atoms with E-state index in [1.54, 1.807) is 29.9 Å². The molecule has 9 nitrogen and oxygen atoms in total. The molecule has 0 radical (unpaired) electrons. The summed E-state index contributed by atoms with van der Waals surface area (Å²) in [4.78, 5) is 36.2. The summed E-state index contributed by atoms with van der Waals surface area (Å²) in [5.41, 5.74) is 5.63. The number of anilines is 1. The fourth-order valence-corrected chi connectivity index (χ4v) is 4.37. The van der Waals surface area contributed by atoms with Crippen molar-refractivity contribution in [2.45, 2.75) is 13.5 Å². The van der Waals surface area contributed by atoms with Crippen LogP contribution >= 0.6 is 0 Å². The first kappa shape index (κ1) is 20.2. The lowest BCUT2D eigenvalue weighted by Crippen LogP contribution is -2.46. The van der Waals surface area contributed by atoms with Crippen molar-refractivity contribution in [1.82, 2.24) is 29.8 Å². The van der Waals surface area contributed by atoms with Gasteiger partial charge in [-0.05, 0) is 42.8 Å². The van der Waals surface area contributed by atoms with Crippen LogP contribution in [-0.4, -0.2) is 63.6 Å². The van der Waals surface area contributed by atoms with Crippen LogP contribution in [0.15, 0.2) is 47.4 Å². The fraction of sp³-hybridized carbons (Fsp3) is 0.304. The van der Waals surface area contributed by atoms with Gasteiger partial charge in [0.2, 0.25) is 0 Å². The zero-order chi connectivity index (χ0) is 22.2. The maximum absolute atomic E-state index is 12.3. The number of nitrogens with one attached hydrogen (secondary N) is 2. The number of hydrogen-bond acceptors (Lipinski definition) is 6. The summed E-state index contributed by atoms with van der Waals surface area (Å²) in [7, 11) is 1.61. The number of rotatable bonds is 4. The van der Waals surface area contributed by atoms with Crippen molar-refractivity contribution in [2.75, 3.05) is 38.1 Å². The summed E-state index contributed by atoms with van der Waals surface area (Å²) in [5.74, 6) is -0.172. The molecule has 32 heavy (non-hydrogen) atoms. The molecule has 4 aromatic rings. The van der Waals surface area contributed by atoms with Crippen LogP contribution in [0.2, 0.25) is 0 Å². The number of carbonyl (C=O) groups is 1. The van der Waals surface area contributed by atoms with Crippen LogP contribution in [0, 0.1) is 6.92 Å². The zero-order valence-corrected chi connectivity index (χ0v) is 18.1. The Morgan fingerprint density at radius 1 is 1.09 bits per heavy atom. The lowest BCUT2D eigenvalue weighted by molar-refractivity contribution is 0.0958. The number of carbonyl (C=O) groups excluding carboxylic acids is 1. The number of amides is 1. The van der Waals surface area contributed by atoms with E-state index < -0.39 is 0 Å². The van der Waals surface area contributed by atoms with Crippen molar-refractivity contribution in [3.8, 4) is 0 Å². The topological polar surface area (TPSA) is 98.6 Å². The molecule has 5 rings (SSSR count). The molecule has 1 aliphatic rings. The first-order valence-corrected chi connectivity index (χ1v) is 10.7. The number of piperazine rings is 1. The van der Waals surface area contributed by atoms with E-state index in [4.69, 9.17) is 0 Å². The number of aryl methyl sites for hydroxylation is 1. The molecule has 3 aromatic heterocycles. The summed E-state index contributed by atoms with van der Waals surface area (Å²) in [5, 5.41) is 6.88. The second kappa shape index (κ2) is 8.08. The molecule has 1 fully saturated rings. The van der Waals surface area contributed by atoms with E-state index in [1.807, 2.05) is 25.1 Å². The Kier molecular flexibility index (Phi) is 5.10. The average Bonchev–Trinajstić information content (AvgIpc) is 3.30. The van der Waals surface area contributed by atoms with E-state index in [1.165, 1.54) is 0 Å². The highest BCUT2D eigenvalue weighted by Gasteiger charge is 2.20. The van der Waals surface area contributed by atoms with E-state index >= 15 is 0 Å². The quantitative estimate of drug-likeness (QED) is 0.509. The van der Waals surface area contributed by atoms with E-state index in [9.17, 15) is 9.59 Å². The summed E-state index contributed by atoms with van der Waals surface area (Å²) in [6.07, 6.45) is 1.64. The first-order valence-electron chi connectivity index (χ1n) is 10.7. The second-order valence-corrected chi connectivity index (χ2v) is 8.08. The van der Waals surface area contributed by atoms with Crippen molar-refractivity contribution in [3.63, 3.8) is 0 Å². The van der Waals surface area contributed by atoms with Gasteiger partial charge in [-0.15, -0.1) is 0 Å². The third kappa shape index (κ3) is 3.60. The highest BCUT2D eigenvalue weighted by molar-refractivity contribution is 5.92. The van der Waals surface area contributed by atoms with Gasteiger partial charge in [0.1, 0.15) is 11.2 Å². The number of aromatic nitrogens is 4. The number of H-pyrrole nitrogens is 1. The van der Waals surface area contributed by atoms with Gasteiger partial charge in [-0.25, -0.2) is 9.50 Å². The third-order valence-electron chi connectivity index (χ3n) is 6.05. The predicted molar refractivity (Wildman–Crippen MR) is 123 cm³/mol. The van der Waals surface area contributed by atoms with Crippen LogP contribution in [0.4, 0.5) is 5.69 Å². The van der Waals surface area contributed by atoms with Gasteiger partial charge in [-0.2, -0.15) is 5.10 Å². The molecule has 9 heteroatoms. The Bertz CT molecular complexity index is 1370. The minimum absolute atomic E-state index is 0.132. The summed E-state index contributed by atoms with van der Waals surface area (Å²) < 4.78 is 1.68. The standard InChI is InChI=1S/C23H25N7O2/c1-15-19(6-4-17(26-15)22(31)24-2)29-11-9-28(10-12-29)14-16-3-5-20-18(13-16)27-23(32)21-7-8-25-30(20)21/h3-8,13H,9-12,14H2,1-2H3,(H,24,31)(H,27,32). The maximum atomic E-state index is 12.3. The van der Waals surface area contributed by atoms with Crippen molar-refractivity contribution < 1.29 is 4.79 Å². The van der Waals surface area contributed by atoms with Crippen LogP contribution in [0.5, 0.6) is 0 Å². The zero-order valence-electron chi connectivity index (χ0n) is 18.1. The fourth-order valence-electron chi connectivity index (χ4n) is 4.37. The first-order chi connectivity index (χ1) is 15.5. The third-order valence-corrected chi connectivity index (χ3v) is 6.05. The van der Waals surface area contributed by atoms with Gasteiger partial charge in [-0.1, -0.05) is 6.07 Å². The lowest BCUT2D eigenvalue weighted by Gasteiger charge is -2.36. The van der Waals surface area contributed by atoms with E-state index in [-0.39, 0.29) is 11.5 Å². The smallest absolute Gasteiger partial charge is 0.274 e.